The van der Waals surface area contributed by atoms with E-state index in [0.29, 0.717) is 5.02 Å². The van der Waals surface area contributed by atoms with E-state index in [2.05, 4.69) is 4.90 Å². The Morgan fingerprint density at radius 1 is 1.20 bits per heavy atom. The van der Waals surface area contributed by atoms with Gasteiger partial charge in [-0.05, 0) is 30.7 Å². The van der Waals surface area contributed by atoms with Crippen molar-refractivity contribution in [2.75, 3.05) is 32.7 Å². The van der Waals surface area contributed by atoms with E-state index in [0.717, 1.165) is 44.7 Å². The molecule has 0 atom stereocenters. The quantitative estimate of drug-likeness (QED) is 0.885. The van der Waals surface area contributed by atoms with Gasteiger partial charge in [-0.25, -0.2) is 0 Å². The van der Waals surface area contributed by atoms with Gasteiger partial charge in [-0.3, -0.25) is 14.6 Å². The molecule has 1 aromatic rings. The highest BCUT2D eigenvalue weighted by Crippen LogP contribution is 2.24. The van der Waals surface area contributed by atoms with Crippen LogP contribution in [-0.4, -0.2) is 58.7 Å². The molecule has 1 aliphatic rings. The molecule has 0 unspecified atom stereocenters. The number of benzene rings is 1. The lowest BCUT2D eigenvalue weighted by molar-refractivity contribution is -0.138. The second-order valence-corrected chi connectivity index (χ2v) is 5.49. The van der Waals surface area contributed by atoms with Crippen molar-refractivity contribution in [3.63, 3.8) is 0 Å². The minimum atomic E-state index is -0.774. The number of phenolic OH excluding ortho intramolecular Hbond substituents is 1. The Labute approximate surface area is 123 Å². The van der Waals surface area contributed by atoms with Gasteiger partial charge in [0.15, 0.2) is 0 Å². The van der Waals surface area contributed by atoms with E-state index in [9.17, 15) is 9.90 Å². The molecule has 1 aliphatic heterocycles. The SMILES string of the molecule is O=C(O)CN1CCCN(Cc2ccc(O)c(Cl)c2)CC1. The number of aliphatic carboxylic acids is 1. The Bertz CT molecular complexity index is 481. The number of phenols is 1. The summed E-state index contributed by atoms with van der Waals surface area (Å²) in [5, 5.41) is 18.6. The monoisotopic (exact) mass is 298 g/mol. The van der Waals surface area contributed by atoms with Crippen molar-refractivity contribution in [2.24, 2.45) is 0 Å². The molecule has 110 valence electrons. The molecule has 1 heterocycles. The number of aromatic hydroxyl groups is 1. The summed E-state index contributed by atoms with van der Waals surface area (Å²) in [5.74, 6) is -0.678. The van der Waals surface area contributed by atoms with Crippen LogP contribution in [0.2, 0.25) is 5.02 Å². The van der Waals surface area contributed by atoms with Crippen molar-refractivity contribution in [1.29, 1.82) is 0 Å². The number of hydrogen-bond acceptors (Lipinski definition) is 4. The van der Waals surface area contributed by atoms with E-state index < -0.39 is 5.97 Å². The van der Waals surface area contributed by atoms with Gasteiger partial charge in [-0.1, -0.05) is 17.7 Å². The lowest BCUT2D eigenvalue weighted by Gasteiger charge is -2.21. The first-order chi connectivity index (χ1) is 9.54. The van der Waals surface area contributed by atoms with E-state index in [4.69, 9.17) is 16.7 Å². The van der Waals surface area contributed by atoms with Crippen LogP contribution in [0.25, 0.3) is 0 Å². The van der Waals surface area contributed by atoms with E-state index >= 15 is 0 Å². The van der Waals surface area contributed by atoms with Gasteiger partial charge in [0, 0.05) is 26.2 Å². The molecular formula is C14H19ClN2O3. The number of carboxylic acids is 1. The zero-order chi connectivity index (χ0) is 14.5. The van der Waals surface area contributed by atoms with Crippen LogP contribution >= 0.6 is 11.6 Å². The molecule has 0 amide bonds. The van der Waals surface area contributed by atoms with Crippen molar-refractivity contribution in [3.8, 4) is 5.75 Å². The van der Waals surface area contributed by atoms with Crippen molar-refractivity contribution < 1.29 is 15.0 Å². The van der Waals surface area contributed by atoms with Crippen molar-refractivity contribution in [2.45, 2.75) is 13.0 Å². The third-order valence-corrected chi connectivity index (χ3v) is 3.76. The Morgan fingerprint density at radius 3 is 2.60 bits per heavy atom. The molecule has 2 N–H and O–H groups in total. The summed E-state index contributed by atoms with van der Waals surface area (Å²) >= 11 is 5.90. The lowest BCUT2D eigenvalue weighted by Crippen LogP contribution is -2.34. The molecular weight excluding hydrogens is 280 g/mol. The van der Waals surface area contributed by atoms with Crippen LogP contribution in [0.15, 0.2) is 18.2 Å². The van der Waals surface area contributed by atoms with E-state index in [1.807, 2.05) is 11.0 Å². The number of hydrogen-bond donors (Lipinski definition) is 2. The number of carbonyl (C=O) groups is 1. The highest BCUT2D eigenvalue weighted by Gasteiger charge is 2.16. The number of nitrogens with zero attached hydrogens (tertiary/aromatic N) is 2. The number of carboxylic acid groups (broad SMARTS) is 1. The minimum Gasteiger partial charge on any atom is -0.506 e. The molecule has 0 aromatic heterocycles. The Balaban J connectivity index is 1.90. The first-order valence-corrected chi connectivity index (χ1v) is 7.06. The fourth-order valence-corrected chi connectivity index (χ4v) is 2.64. The van der Waals surface area contributed by atoms with Crippen LogP contribution in [0.4, 0.5) is 0 Å². The van der Waals surface area contributed by atoms with Crippen LogP contribution in [0, 0.1) is 0 Å². The van der Waals surface area contributed by atoms with E-state index in [1.54, 1.807) is 12.1 Å². The second kappa shape index (κ2) is 6.92. The van der Waals surface area contributed by atoms with Gasteiger partial charge in [0.1, 0.15) is 5.75 Å². The number of halogens is 1. The molecule has 0 saturated carbocycles. The molecule has 0 aliphatic carbocycles. The maximum absolute atomic E-state index is 10.7. The molecule has 20 heavy (non-hydrogen) atoms. The maximum Gasteiger partial charge on any atom is 0.317 e. The van der Waals surface area contributed by atoms with Crippen LogP contribution in [0.3, 0.4) is 0 Å². The van der Waals surface area contributed by atoms with Gasteiger partial charge in [0.25, 0.3) is 0 Å². The Morgan fingerprint density at radius 2 is 1.90 bits per heavy atom. The highest BCUT2D eigenvalue weighted by molar-refractivity contribution is 6.32. The molecule has 5 nitrogen and oxygen atoms in total. The topological polar surface area (TPSA) is 64.0 Å². The zero-order valence-corrected chi connectivity index (χ0v) is 12.0. The predicted molar refractivity (Wildman–Crippen MR) is 77.1 cm³/mol. The van der Waals surface area contributed by atoms with E-state index in [1.165, 1.54) is 0 Å². The summed E-state index contributed by atoms with van der Waals surface area (Å²) in [5.41, 5.74) is 1.06. The fraction of sp³-hybridized carbons (Fsp3) is 0.500. The van der Waals surface area contributed by atoms with Gasteiger partial charge in [0.2, 0.25) is 0 Å². The maximum atomic E-state index is 10.7. The average molecular weight is 299 g/mol. The minimum absolute atomic E-state index is 0.0962. The zero-order valence-electron chi connectivity index (χ0n) is 11.3. The first kappa shape index (κ1) is 15.1. The molecule has 0 spiro atoms. The van der Waals surface area contributed by atoms with Crippen LogP contribution in [-0.2, 0) is 11.3 Å². The number of rotatable bonds is 4. The summed E-state index contributed by atoms with van der Waals surface area (Å²) in [6.45, 7) is 4.23. The van der Waals surface area contributed by atoms with Gasteiger partial charge in [0.05, 0.1) is 11.6 Å². The van der Waals surface area contributed by atoms with Gasteiger partial charge < -0.3 is 10.2 Å². The van der Waals surface area contributed by atoms with Crippen molar-refractivity contribution >= 4 is 17.6 Å². The smallest absolute Gasteiger partial charge is 0.317 e. The summed E-state index contributed by atoms with van der Waals surface area (Å²) < 4.78 is 0. The largest absolute Gasteiger partial charge is 0.506 e. The van der Waals surface area contributed by atoms with E-state index in [-0.39, 0.29) is 12.3 Å². The molecule has 1 saturated heterocycles. The molecule has 0 radical (unpaired) electrons. The molecule has 6 heteroatoms. The third-order valence-electron chi connectivity index (χ3n) is 3.46. The lowest BCUT2D eigenvalue weighted by atomic mass is 10.2. The van der Waals surface area contributed by atoms with Gasteiger partial charge >= 0.3 is 5.97 Å². The summed E-state index contributed by atoms with van der Waals surface area (Å²) in [6, 6.07) is 5.24. The van der Waals surface area contributed by atoms with Crippen LogP contribution in [0.5, 0.6) is 5.75 Å². The van der Waals surface area contributed by atoms with Crippen molar-refractivity contribution in [3.05, 3.63) is 28.8 Å². The molecule has 0 bridgehead atoms. The molecule has 1 aromatic carbocycles. The van der Waals surface area contributed by atoms with Gasteiger partial charge in [-0.2, -0.15) is 0 Å². The first-order valence-electron chi connectivity index (χ1n) is 6.68. The predicted octanol–water partition coefficient (Wildman–Crippen LogP) is 1.64. The summed E-state index contributed by atoms with van der Waals surface area (Å²) in [7, 11) is 0. The fourth-order valence-electron chi connectivity index (χ4n) is 2.44. The summed E-state index contributed by atoms with van der Waals surface area (Å²) in [6.07, 6.45) is 0.957. The Hall–Kier alpha value is -1.30. The van der Waals surface area contributed by atoms with Crippen molar-refractivity contribution in [1.82, 2.24) is 9.80 Å². The summed E-state index contributed by atoms with van der Waals surface area (Å²) in [4.78, 5) is 15.0. The molecule has 2 rings (SSSR count). The van der Waals surface area contributed by atoms with Gasteiger partial charge in [-0.15, -0.1) is 0 Å². The normalized spacial score (nSPS) is 17.9. The second-order valence-electron chi connectivity index (χ2n) is 5.09. The van der Waals surface area contributed by atoms with Crippen LogP contribution in [0.1, 0.15) is 12.0 Å². The third kappa shape index (κ3) is 4.37. The Kier molecular flexibility index (Phi) is 5.23. The molecule has 1 fully saturated rings. The highest BCUT2D eigenvalue weighted by atomic mass is 35.5. The average Bonchev–Trinajstić information content (AvgIpc) is 2.59. The standard InChI is InChI=1S/C14H19ClN2O3/c15-12-8-11(2-3-13(12)18)9-16-4-1-5-17(7-6-16)10-14(19)20/h2-3,8,18H,1,4-7,9-10H2,(H,19,20). The van der Waals surface area contributed by atoms with Crippen LogP contribution < -0.4 is 0 Å².